The zero-order valence-electron chi connectivity index (χ0n) is 10.6. The van der Waals surface area contributed by atoms with E-state index in [1.807, 2.05) is 0 Å². The third kappa shape index (κ3) is 4.09. The second-order valence-electron chi connectivity index (χ2n) is 4.85. The van der Waals surface area contributed by atoms with Gasteiger partial charge in [-0.05, 0) is 19.9 Å². The molecule has 2 N–H and O–H groups in total. The molecule has 3 heteroatoms. The topological polar surface area (TPSA) is 32.5 Å². The van der Waals surface area contributed by atoms with Gasteiger partial charge in [0.15, 0.2) is 0 Å². The van der Waals surface area contributed by atoms with Crippen molar-refractivity contribution in [2.24, 2.45) is 5.73 Å². The van der Waals surface area contributed by atoms with E-state index in [1.54, 1.807) is 0 Å². The van der Waals surface area contributed by atoms with Crippen molar-refractivity contribution in [2.75, 3.05) is 33.2 Å². The van der Waals surface area contributed by atoms with Gasteiger partial charge in [-0.15, -0.1) is 0 Å². The summed E-state index contributed by atoms with van der Waals surface area (Å²) in [7, 11) is 2.23. The van der Waals surface area contributed by atoms with Crippen LogP contribution in [0.3, 0.4) is 0 Å². The minimum atomic E-state index is 0.371. The van der Waals surface area contributed by atoms with E-state index in [1.165, 1.54) is 32.5 Å². The number of nitrogens with zero attached hydrogens (tertiary/aromatic N) is 2. The van der Waals surface area contributed by atoms with E-state index in [4.69, 9.17) is 5.73 Å². The van der Waals surface area contributed by atoms with Gasteiger partial charge in [-0.1, -0.05) is 20.3 Å². The van der Waals surface area contributed by atoms with Crippen LogP contribution in [0.1, 0.15) is 33.1 Å². The van der Waals surface area contributed by atoms with Gasteiger partial charge in [-0.3, -0.25) is 4.90 Å². The Hall–Kier alpha value is -0.120. The molecule has 1 aliphatic rings. The normalized spacial score (nSPS) is 26.8. The molecule has 0 aromatic rings. The van der Waals surface area contributed by atoms with Gasteiger partial charge in [-0.2, -0.15) is 0 Å². The molecule has 1 heterocycles. The Morgan fingerprint density at radius 3 is 2.67 bits per heavy atom. The fourth-order valence-corrected chi connectivity index (χ4v) is 2.41. The fraction of sp³-hybridized carbons (Fsp3) is 1.00. The van der Waals surface area contributed by atoms with Crippen LogP contribution in [-0.4, -0.2) is 55.1 Å². The molecule has 90 valence electrons. The first-order valence-electron chi connectivity index (χ1n) is 6.35. The quantitative estimate of drug-likeness (QED) is 0.743. The first-order chi connectivity index (χ1) is 7.17. The van der Waals surface area contributed by atoms with Crippen LogP contribution in [0.5, 0.6) is 0 Å². The maximum atomic E-state index is 6.08. The molecule has 15 heavy (non-hydrogen) atoms. The molecule has 0 amide bonds. The molecule has 0 saturated carbocycles. The summed E-state index contributed by atoms with van der Waals surface area (Å²) in [5.74, 6) is 0. The average molecular weight is 213 g/mol. The lowest BCUT2D eigenvalue weighted by atomic mass is 10.1. The first kappa shape index (κ1) is 12.9. The largest absolute Gasteiger partial charge is 0.327 e. The van der Waals surface area contributed by atoms with Crippen LogP contribution in [-0.2, 0) is 0 Å². The van der Waals surface area contributed by atoms with Crippen molar-refractivity contribution in [3.8, 4) is 0 Å². The molecule has 1 saturated heterocycles. The summed E-state index contributed by atoms with van der Waals surface area (Å²) in [6, 6.07) is 1.10. The van der Waals surface area contributed by atoms with Crippen molar-refractivity contribution in [2.45, 2.75) is 45.2 Å². The maximum Gasteiger partial charge on any atom is 0.0218 e. The summed E-state index contributed by atoms with van der Waals surface area (Å²) < 4.78 is 0. The zero-order valence-corrected chi connectivity index (χ0v) is 10.6. The van der Waals surface area contributed by atoms with Crippen LogP contribution in [0.4, 0.5) is 0 Å². The highest BCUT2D eigenvalue weighted by Gasteiger charge is 2.23. The Morgan fingerprint density at radius 1 is 1.33 bits per heavy atom. The molecule has 0 bridgehead atoms. The van der Waals surface area contributed by atoms with E-state index >= 15 is 0 Å². The summed E-state index contributed by atoms with van der Waals surface area (Å²) >= 11 is 0. The molecular formula is C12H27N3. The highest BCUT2D eigenvalue weighted by Crippen LogP contribution is 2.11. The minimum Gasteiger partial charge on any atom is -0.327 e. The molecule has 0 spiro atoms. The predicted molar refractivity (Wildman–Crippen MR) is 66.0 cm³/mol. The third-order valence-electron chi connectivity index (χ3n) is 3.48. The van der Waals surface area contributed by atoms with Crippen LogP contribution in [0, 0.1) is 0 Å². The van der Waals surface area contributed by atoms with Crippen LogP contribution in [0.2, 0.25) is 0 Å². The number of hydrogen-bond donors (Lipinski definition) is 1. The molecule has 1 aliphatic heterocycles. The number of likely N-dealkylation sites (N-methyl/N-ethyl adjacent to an activating group) is 1. The second-order valence-corrected chi connectivity index (χ2v) is 4.85. The van der Waals surface area contributed by atoms with Gasteiger partial charge in [-0.25, -0.2) is 0 Å². The lowest BCUT2D eigenvalue weighted by Crippen LogP contribution is -2.53. The summed E-state index contributed by atoms with van der Waals surface area (Å²) in [6.07, 6.45) is 3.60. The van der Waals surface area contributed by atoms with Crippen LogP contribution < -0.4 is 5.73 Å². The number of rotatable bonds is 5. The van der Waals surface area contributed by atoms with Gasteiger partial charge in [0.05, 0.1) is 0 Å². The van der Waals surface area contributed by atoms with Gasteiger partial charge in [0.1, 0.15) is 0 Å². The van der Waals surface area contributed by atoms with E-state index in [-0.39, 0.29) is 0 Å². The summed E-state index contributed by atoms with van der Waals surface area (Å²) in [4.78, 5) is 5.01. The number of piperazine rings is 1. The first-order valence-corrected chi connectivity index (χ1v) is 6.35. The molecule has 1 rings (SSSR count). The molecule has 1 fully saturated rings. The second kappa shape index (κ2) is 6.46. The number of hydrogen-bond acceptors (Lipinski definition) is 3. The van der Waals surface area contributed by atoms with Crippen molar-refractivity contribution in [3.05, 3.63) is 0 Å². The van der Waals surface area contributed by atoms with Crippen molar-refractivity contribution in [3.63, 3.8) is 0 Å². The van der Waals surface area contributed by atoms with Gasteiger partial charge in [0.2, 0.25) is 0 Å². The van der Waals surface area contributed by atoms with E-state index in [0.717, 1.165) is 19.0 Å². The van der Waals surface area contributed by atoms with Gasteiger partial charge < -0.3 is 10.6 Å². The van der Waals surface area contributed by atoms with E-state index in [2.05, 4.69) is 30.7 Å². The van der Waals surface area contributed by atoms with Crippen molar-refractivity contribution in [1.29, 1.82) is 0 Å². The Labute approximate surface area is 94.6 Å². The molecule has 0 radical (unpaired) electrons. The fourth-order valence-electron chi connectivity index (χ4n) is 2.41. The van der Waals surface area contributed by atoms with Gasteiger partial charge >= 0.3 is 0 Å². The molecule has 0 aromatic heterocycles. The molecule has 2 unspecified atom stereocenters. The highest BCUT2D eigenvalue weighted by molar-refractivity contribution is 4.81. The molecule has 3 nitrogen and oxygen atoms in total. The summed E-state index contributed by atoms with van der Waals surface area (Å²) in [6.45, 7) is 9.14. The number of nitrogens with two attached hydrogens (primary N) is 1. The maximum absolute atomic E-state index is 6.08. The monoisotopic (exact) mass is 213 g/mol. The predicted octanol–water partition coefficient (Wildman–Crippen LogP) is 1.14. The van der Waals surface area contributed by atoms with E-state index in [9.17, 15) is 0 Å². The Kier molecular flexibility index (Phi) is 5.58. The third-order valence-corrected chi connectivity index (χ3v) is 3.48. The molecule has 0 aliphatic carbocycles. The van der Waals surface area contributed by atoms with Crippen LogP contribution >= 0.6 is 0 Å². The van der Waals surface area contributed by atoms with E-state index < -0.39 is 0 Å². The lowest BCUT2D eigenvalue weighted by Gasteiger charge is -2.40. The Balaban J connectivity index is 2.31. The summed E-state index contributed by atoms with van der Waals surface area (Å²) in [5, 5.41) is 0. The molecular weight excluding hydrogens is 186 g/mol. The standard InChI is InChI=1S/C12H27N3/c1-4-6-11(13)9-15-8-7-14(3)12(5-2)10-15/h11-12H,4-10,13H2,1-3H3. The van der Waals surface area contributed by atoms with Gasteiger partial charge in [0.25, 0.3) is 0 Å². The highest BCUT2D eigenvalue weighted by atomic mass is 15.3. The van der Waals surface area contributed by atoms with E-state index in [0.29, 0.717) is 6.04 Å². The minimum absolute atomic E-state index is 0.371. The zero-order chi connectivity index (χ0) is 11.3. The van der Waals surface area contributed by atoms with Crippen molar-refractivity contribution < 1.29 is 0 Å². The van der Waals surface area contributed by atoms with Crippen molar-refractivity contribution in [1.82, 2.24) is 9.80 Å². The van der Waals surface area contributed by atoms with Crippen molar-refractivity contribution >= 4 is 0 Å². The molecule has 0 aromatic carbocycles. The Bertz CT molecular complexity index is 172. The van der Waals surface area contributed by atoms with Crippen LogP contribution in [0.25, 0.3) is 0 Å². The summed E-state index contributed by atoms with van der Waals surface area (Å²) in [5.41, 5.74) is 6.08. The molecule has 2 atom stereocenters. The van der Waals surface area contributed by atoms with Gasteiger partial charge in [0, 0.05) is 38.3 Å². The smallest absolute Gasteiger partial charge is 0.0218 e. The SMILES string of the molecule is CCCC(N)CN1CCN(C)C(CC)C1. The lowest BCUT2D eigenvalue weighted by molar-refractivity contribution is 0.0883. The van der Waals surface area contributed by atoms with Crippen LogP contribution in [0.15, 0.2) is 0 Å². The average Bonchev–Trinajstić information content (AvgIpc) is 2.21. The Morgan fingerprint density at radius 2 is 2.07 bits per heavy atom.